The number of nitrogens with zero attached hydrogens (tertiary/aromatic N) is 1. The zero-order valence-electron chi connectivity index (χ0n) is 9.82. The zero-order valence-corrected chi connectivity index (χ0v) is 10.6. The highest BCUT2D eigenvalue weighted by Gasteiger charge is 2.10. The van der Waals surface area contributed by atoms with Crippen molar-refractivity contribution in [2.45, 2.75) is 13.5 Å². The van der Waals surface area contributed by atoms with Crippen LogP contribution >= 0.6 is 12.2 Å². The average Bonchev–Trinajstić information content (AvgIpc) is 2.30. The molecule has 1 aromatic carbocycles. The highest BCUT2D eigenvalue weighted by molar-refractivity contribution is 7.80. The number of aliphatic hydroxyl groups excluding tert-OH is 1. The van der Waals surface area contributed by atoms with E-state index < -0.39 is 0 Å². The maximum absolute atomic E-state index is 13.1. The lowest BCUT2D eigenvalue weighted by molar-refractivity contribution is 0.196. The molecular formula is C12H17FN2OS. The third kappa shape index (κ3) is 4.03. The van der Waals surface area contributed by atoms with Crippen molar-refractivity contribution >= 4 is 17.2 Å². The normalized spacial score (nSPS) is 10.8. The molecule has 0 heterocycles. The number of benzene rings is 1. The minimum Gasteiger partial charge on any atom is -0.395 e. The van der Waals surface area contributed by atoms with Crippen LogP contribution < -0.4 is 5.73 Å². The molecule has 0 fully saturated rings. The molecule has 0 saturated heterocycles. The van der Waals surface area contributed by atoms with E-state index in [9.17, 15) is 4.39 Å². The Morgan fingerprint density at radius 2 is 2.24 bits per heavy atom. The zero-order chi connectivity index (χ0) is 12.8. The molecule has 0 saturated carbocycles. The monoisotopic (exact) mass is 256 g/mol. The fourth-order valence-electron chi connectivity index (χ4n) is 1.65. The van der Waals surface area contributed by atoms with E-state index in [1.165, 1.54) is 12.1 Å². The van der Waals surface area contributed by atoms with Gasteiger partial charge < -0.3 is 10.8 Å². The predicted octanol–water partition coefficient (Wildman–Crippen LogP) is 1.27. The van der Waals surface area contributed by atoms with Crippen LogP contribution in [0, 0.1) is 5.82 Å². The third-order valence-electron chi connectivity index (χ3n) is 2.59. The van der Waals surface area contributed by atoms with Crippen molar-refractivity contribution < 1.29 is 9.50 Å². The summed E-state index contributed by atoms with van der Waals surface area (Å²) in [5.41, 5.74) is 7.02. The van der Waals surface area contributed by atoms with Gasteiger partial charge in [-0.05, 0) is 24.2 Å². The Hall–Kier alpha value is -1.04. The summed E-state index contributed by atoms with van der Waals surface area (Å²) in [6.07, 6.45) is 0. The van der Waals surface area contributed by atoms with Crippen LogP contribution in [0.15, 0.2) is 18.2 Å². The quantitative estimate of drug-likeness (QED) is 0.753. The van der Waals surface area contributed by atoms with Crippen molar-refractivity contribution in [1.29, 1.82) is 0 Å². The molecular weight excluding hydrogens is 239 g/mol. The van der Waals surface area contributed by atoms with Crippen LogP contribution in [-0.4, -0.2) is 34.7 Å². The van der Waals surface area contributed by atoms with Gasteiger partial charge in [0.15, 0.2) is 0 Å². The second-order valence-electron chi connectivity index (χ2n) is 3.76. The molecule has 0 aliphatic rings. The smallest absolute Gasteiger partial charge is 0.123 e. The second kappa shape index (κ2) is 6.64. The maximum atomic E-state index is 13.1. The fourth-order valence-corrected chi connectivity index (χ4v) is 1.84. The molecule has 0 spiro atoms. The van der Waals surface area contributed by atoms with Crippen LogP contribution in [0.1, 0.15) is 18.1 Å². The standard InChI is InChI=1S/C12H17FN2OS/c1-2-15(5-6-16)8-9-3-4-10(13)7-11(9)12(14)17/h3-4,7,16H,2,5-6,8H2,1H3,(H2,14,17). The third-order valence-corrected chi connectivity index (χ3v) is 2.81. The van der Waals surface area contributed by atoms with Gasteiger partial charge in [0.2, 0.25) is 0 Å². The van der Waals surface area contributed by atoms with Crippen LogP contribution in [0.5, 0.6) is 0 Å². The van der Waals surface area contributed by atoms with Gasteiger partial charge in [0.25, 0.3) is 0 Å². The van der Waals surface area contributed by atoms with E-state index in [2.05, 4.69) is 0 Å². The molecule has 17 heavy (non-hydrogen) atoms. The van der Waals surface area contributed by atoms with Gasteiger partial charge in [-0.1, -0.05) is 25.2 Å². The Kier molecular flexibility index (Phi) is 5.47. The summed E-state index contributed by atoms with van der Waals surface area (Å²) in [5.74, 6) is -0.346. The van der Waals surface area contributed by atoms with Gasteiger partial charge in [0, 0.05) is 18.7 Å². The molecule has 0 radical (unpaired) electrons. The topological polar surface area (TPSA) is 49.5 Å². The molecule has 3 N–H and O–H groups in total. The lowest BCUT2D eigenvalue weighted by Crippen LogP contribution is -2.27. The minimum atomic E-state index is -0.346. The lowest BCUT2D eigenvalue weighted by atomic mass is 10.1. The molecule has 0 aliphatic heterocycles. The van der Waals surface area contributed by atoms with Crippen LogP contribution in [0.25, 0.3) is 0 Å². The van der Waals surface area contributed by atoms with Crippen molar-refractivity contribution in [3.05, 3.63) is 35.1 Å². The Labute approximate surface area is 106 Å². The maximum Gasteiger partial charge on any atom is 0.123 e. The van der Waals surface area contributed by atoms with Crippen molar-refractivity contribution in [2.24, 2.45) is 5.73 Å². The molecule has 0 aliphatic carbocycles. The Balaban J connectivity index is 2.92. The molecule has 0 atom stereocenters. The Morgan fingerprint density at radius 3 is 2.76 bits per heavy atom. The summed E-state index contributed by atoms with van der Waals surface area (Å²) in [7, 11) is 0. The Bertz CT molecular complexity index is 398. The molecule has 0 amide bonds. The Morgan fingerprint density at radius 1 is 1.53 bits per heavy atom. The summed E-state index contributed by atoms with van der Waals surface area (Å²) < 4.78 is 13.1. The summed E-state index contributed by atoms with van der Waals surface area (Å²) >= 11 is 4.91. The molecule has 1 rings (SSSR count). The summed E-state index contributed by atoms with van der Waals surface area (Å²) in [5, 5.41) is 8.92. The number of likely N-dealkylation sites (N-methyl/N-ethyl adjacent to an activating group) is 1. The number of thiocarbonyl (C=S) groups is 1. The van der Waals surface area contributed by atoms with Gasteiger partial charge in [0.1, 0.15) is 10.8 Å². The molecule has 0 unspecified atom stereocenters. The minimum absolute atomic E-state index is 0.0947. The summed E-state index contributed by atoms with van der Waals surface area (Å²) in [4.78, 5) is 2.23. The first kappa shape index (κ1) is 14.0. The number of hydrogen-bond acceptors (Lipinski definition) is 3. The van der Waals surface area contributed by atoms with Gasteiger partial charge in [-0.15, -0.1) is 0 Å². The second-order valence-corrected chi connectivity index (χ2v) is 4.20. The number of rotatable bonds is 6. The van der Waals surface area contributed by atoms with Gasteiger partial charge in [-0.3, -0.25) is 4.90 Å². The molecule has 0 aromatic heterocycles. The first-order valence-electron chi connectivity index (χ1n) is 5.50. The molecule has 3 nitrogen and oxygen atoms in total. The van der Waals surface area contributed by atoms with E-state index in [4.69, 9.17) is 23.1 Å². The van der Waals surface area contributed by atoms with Crippen molar-refractivity contribution in [2.75, 3.05) is 19.7 Å². The molecule has 0 bridgehead atoms. The summed E-state index contributed by atoms with van der Waals surface area (Å²) in [6, 6.07) is 4.43. The van der Waals surface area contributed by atoms with E-state index >= 15 is 0 Å². The lowest BCUT2D eigenvalue weighted by Gasteiger charge is -2.20. The molecule has 5 heteroatoms. The van der Waals surface area contributed by atoms with Crippen molar-refractivity contribution in [1.82, 2.24) is 4.90 Å². The number of hydrogen-bond donors (Lipinski definition) is 2. The predicted molar refractivity (Wildman–Crippen MR) is 70.3 cm³/mol. The van der Waals surface area contributed by atoms with Crippen LogP contribution in [0.2, 0.25) is 0 Å². The molecule has 1 aromatic rings. The van der Waals surface area contributed by atoms with Gasteiger partial charge in [-0.25, -0.2) is 4.39 Å². The van der Waals surface area contributed by atoms with E-state index in [1.807, 2.05) is 11.8 Å². The first-order chi connectivity index (χ1) is 8.08. The molecule has 94 valence electrons. The van der Waals surface area contributed by atoms with Gasteiger partial charge in [0.05, 0.1) is 6.61 Å². The largest absolute Gasteiger partial charge is 0.395 e. The summed E-state index contributed by atoms with van der Waals surface area (Å²) in [6.45, 7) is 4.07. The van der Waals surface area contributed by atoms with E-state index in [-0.39, 0.29) is 17.4 Å². The van der Waals surface area contributed by atoms with Crippen molar-refractivity contribution in [3.8, 4) is 0 Å². The van der Waals surface area contributed by atoms with Crippen molar-refractivity contribution in [3.63, 3.8) is 0 Å². The van der Waals surface area contributed by atoms with E-state index in [0.29, 0.717) is 18.7 Å². The highest BCUT2D eigenvalue weighted by Crippen LogP contribution is 2.14. The van der Waals surface area contributed by atoms with Gasteiger partial charge in [-0.2, -0.15) is 0 Å². The highest BCUT2D eigenvalue weighted by atomic mass is 32.1. The number of aliphatic hydroxyl groups is 1. The fraction of sp³-hybridized carbons (Fsp3) is 0.417. The van der Waals surface area contributed by atoms with Crippen LogP contribution in [-0.2, 0) is 6.54 Å². The average molecular weight is 256 g/mol. The van der Waals surface area contributed by atoms with Crippen LogP contribution in [0.4, 0.5) is 4.39 Å². The first-order valence-corrected chi connectivity index (χ1v) is 5.90. The number of nitrogens with two attached hydrogens (primary N) is 1. The SMILES string of the molecule is CCN(CCO)Cc1ccc(F)cc1C(N)=S. The van der Waals surface area contributed by atoms with E-state index in [1.54, 1.807) is 6.07 Å². The van der Waals surface area contributed by atoms with Gasteiger partial charge >= 0.3 is 0 Å². The number of halogens is 1. The van der Waals surface area contributed by atoms with Crippen LogP contribution in [0.3, 0.4) is 0 Å². The van der Waals surface area contributed by atoms with E-state index in [0.717, 1.165) is 12.1 Å².